The lowest BCUT2D eigenvalue weighted by molar-refractivity contribution is -0.159. The van der Waals surface area contributed by atoms with E-state index in [1.165, 1.54) is 4.90 Å². The molecule has 1 aromatic heterocycles. The van der Waals surface area contributed by atoms with Crippen LogP contribution in [0.5, 0.6) is 0 Å². The first kappa shape index (κ1) is 13.3. The van der Waals surface area contributed by atoms with Crippen LogP contribution < -0.4 is 0 Å². The van der Waals surface area contributed by atoms with Crippen LogP contribution >= 0.6 is 11.6 Å². The average Bonchev–Trinajstić information content (AvgIpc) is 2.39. The van der Waals surface area contributed by atoms with E-state index in [4.69, 9.17) is 11.6 Å². The Morgan fingerprint density at radius 1 is 1.15 bits per heavy atom. The SMILES string of the molecule is O=C1C(=O)N(C2CCC2)CCN1Cc1ccc(Cl)nn1. The van der Waals surface area contributed by atoms with Gasteiger partial charge in [-0.3, -0.25) is 9.59 Å². The molecular weight excluding hydrogens is 280 g/mol. The van der Waals surface area contributed by atoms with Gasteiger partial charge < -0.3 is 9.80 Å². The first-order valence-electron chi connectivity index (χ1n) is 6.73. The van der Waals surface area contributed by atoms with Gasteiger partial charge in [0.1, 0.15) is 0 Å². The molecule has 2 heterocycles. The standard InChI is InChI=1S/C13H15ClN4O2/c14-11-5-4-9(15-16-11)8-17-6-7-18(10-2-1-3-10)13(20)12(17)19/h4-5,10H,1-3,6-8H2. The zero-order chi connectivity index (χ0) is 14.1. The molecule has 1 aliphatic heterocycles. The van der Waals surface area contributed by atoms with Crippen molar-refractivity contribution >= 4 is 23.4 Å². The van der Waals surface area contributed by atoms with E-state index in [9.17, 15) is 9.59 Å². The Morgan fingerprint density at radius 2 is 1.95 bits per heavy atom. The summed E-state index contributed by atoms with van der Waals surface area (Å²) in [7, 11) is 0. The summed E-state index contributed by atoms with van der Waals surface area (Å²) in [6.07, 6.45) is 3.18. The number of rotatable bonds is 3. The minimum atomic E-state index is -0.445. The molecule has 6 nitrogen and oxygen atoms in total. The van der Waals surface area contributed by atoms with Crippen molar-refractivity contribution in [3.63, 3.8) is 0 Å². The topological polar surface area (TPSA) is 66.4 Å². The van der Waals surface area contributed by atoms with E-state index in [0.717, 1.165) is 19.3 Å². The predicted octanol–water partition coefficient (Wildman–Crippen LogP) is 0.853. The molecule has 0 unspecified atom stereocenters. The first-order chi connectivity index (χ1) is 9.65. The van der Waals surface area contributed by atoms with E-state index in [2.05, 4.69) is 10.2 Å². The molecule has 1 saturated heterocycles. The number of carbonyl (C=O) groups excluding carboxylic acids is 2. The minimum absolute atomic E-state index is 0.268. The predicted molar refractivity (Wildman–Crippen MR) is 71.8 cm³/mol. The van der Waals surface area contributed by atoms with Crippen LogP contribution in [0.1, 0.15) is 25.0 Å². The maximum absolute atomic E-state index is 12.1. The van der Waals surface area contributed by atoms with Crippen molar-refractivity contribution in [2.45, 2.75) is 31.8 Å². The molecule has 0 N–H and O–H groups in total. The fourth-order valence-electron chi connectivity index (χ4n) is 2.51. The molecule has 1 saturated carbocycles. The van der Waals surface area contributed by atoms with Gasteiger partial charge in [-0.05, 0) is 31.4 Å². The molecule has 0 aromatic carbocycles. The third-order valence-electron chi connectivity index (χ3n) is 3.90. The van der Waals surface area contributed by atoms with Crippen LogP contribution in [-0.2, 0) is 16.1 Å². The molecule has 0 radical (unpaired) electrons. The van der Waals surface area contributed by atoms with Gasteiger partial charge in [0.05, 0.1) is 12.2 Å². The second kappa shape index (κ2) is 5.36. The van der Waals surface area contributed by atoms with Crippen LogP contribution in [0.15, 0.2) is 12.1 Å². The summed E-state index contributed by atoms with van der Waals surface area (Å²) in [6, 6.07) is 3.61. The molecule has 0 spiro atoms. The lowest BCUT2D eigenvalue weighted by Crippen LogP contribution is -2.58. The van der Waals surface area contributed by atoms with Crippen LogP contribution in [0, 0.1) is 0 Å². The van der Waals surface area contributed by atoms with Gasteiger partial charge in [-0.25, -0.2) is 0 Å². The van der Waals surface area contributed by atoms with E-state index in [-0.39, 0.29) is 11.9 Å². The number of carbonyl (C=O) groups is 2. The summed E-state index contributed by atoms with van der Waals surface area (Å²) in [4.78, 5) is 27.4. The number of aromatic nitrogens is 2. The van der Waals surface area contributed by atoms with Gasteiger partial charge in [0, 0.05) is 19.1 Å². The number of hydrogen-bond acceptors (Lipinski definition) is 4. The summed E-state index contributed by atoms with van der Waals surface area (Å²) in [6.45, 7) is 1.45. The number of hydrogen-bond donors (Lipinski definition) is 0. The van der Waals surface area contributed by atoms with Crippen LogP contribution in [0.3, 0.4) is 0 Å². The van der Waals surface area contributed by atoms with Crippen molar-refractivity contribution in [1.29, 1.82) is 0 Å². The highest BCUT2D eigenvalue weighted by molar-refractivity contribution is 6.35. The summed E-state index contributed by atoms with van der Waals surface area (Å²) in [5.41, 5.74) is 0.632. The second-order valence-electron chi connectivity index (χ2n) is 5.16. The van der Waals surface area contributed by atoms with Gasteiger partial charge in [-0.1, -0.05) is 11.6 Å². The van der Waals surface area contributed by atoms with Gasteiger partial charge in [0.25, 0.3) is 0 Å². The van der Waals surface area contributed by atoms with Crippen molar-refractivity contribution in [2.75, 3.05) is 13.1 Å². The smallest absolute Gasteiger partial charge is 0.312 e. The zero-order valence-electron chi connectivity index (χ0n) is 11.0. The Kier molecular flexibility index (Phi) is 3.56. The van der Waals surface area contributed by atoms with Crippen LogP contribution in [0.2, 0.25) is 5.15 Å². The highest BCUT2D eigenvalue weighted by Gasteiger charge is 2.38. The van der Waals surface area contributed by atoms with E-state index in [0.29, 0.717) is 30.5 Å². The van der Waals surface area contributed by atoms with E-state index >= 15 is 0 Å². The molecule has 7 heteroatoms. The van der Waals surface area contributed by atoms with Gasteiger partial charge in [0.15, 0.2) is 5.15 Å². The lowest BCUT2D eigenvalue weighted by atomic mass is 9.91. The minimum Gasteiger partial charge on any atom is -0.330 e. The van der Waals surface area contributed by atoms with Gasteiger partial charge >= 0.3 is 11.8 Å². The lowest BCUT2D eigenvalue weighted by Gasteiger charge is -2.42. The Hall–Kier alpha value is -1.69. The van der Waals surface area contributed by atoms with Gasteiger partial charge in [-0.15, -0.1) is 5.10 Å². The molecule has 3 rings (SSSR count). The van der Waals surface area contributed by atoms with Gasteiger partial charge in [0.2, 0.25) is 0 Å². The summed E-state index contributed by atoms with van der Waals surface area (Å²) in [5, 5.41) is 7.96. The van der Waals surface area contributed by atoms with Crippen molar-refractivity contribution in [1.82, 2.24) is 20.0 Å². The maximum Gasteiger partial charge on any atom is 0.312 e. The van der Waals surface area contributed by atoms with Crippen molar-refractivity contribution < 1.29 is 9.59 Å². The number of piperazine rings is 1. The fourth-order valence-corrected chi connectivity index (χ4v) is 2.61. The van der Waals surface area contributed by atoms with Crippen molar-refractivity contribution in [2.24, 2.45) is 0 Å². The monoisotopic (exact) mass is 294 g/mol. The largest absolute Gasteiger partial charge is 0.330 e. The molecule has 1 aromatic rings. The first-order valence-corrected chi connectivity index (χ1v) is 7.11. The Labute approximate surface area is 121 Å². The highest BCUT2D eigenvalue weighted by atomic mass is 35.5. The molecule has 0 bridgehead atoms. The summed E-state index contributed by atoms with van der Waals surface area (Å²) in [5.74, 6) is -0.831. The van der Waals surface area contributed by atoms with E-state index < -0.39 is 5.91 Å². The maximum atomic E-state index is 12.1. The number of amides is 2. The van der Waals surface area contributed by atoms with Crippen molar-refractivity contribution in [3.05, 3.63) is 23.0 Å². The molecule has 0 atom stereocenters. The third kappa shape index (κ3) is 2.47. The summed E-state index contributed by atoms with van der Waals surface area (Å²) >= 11 is 5.67. The average molecular weight is 295 g/mol. The number of halogens is 1. The summed E-state index contributed by atoms with van der Waals surface area (Å²) < 4.78 is 0. The van der Waals surface area contributed by atoms with E-state index in [1.54, 1.807) is 17.0 Å². The molecule has 106 valence electrons. The molecule has 2 fully saturated rings. The Balaban J connectivity index is 1.65. The normalized spacial score (nSPS) is 20.2. The molecular formula is C13H15ClN4O2. The molecule has 2 aliphatic rings. The quantitative estimate of drug-likeness (QED) is 0.775. The molecule has 1 aliphatic carbocycles. The Bertz CT molecular complexity index is 530. The third-order valence-corrected chi connectivity index (χ3v) is 4.10. The Morgan fingerprint density at radius 3 is 2.55 bits per heavy atom. The van der Waals surface area contributed by atoms with Crippen molar-refractivity contribution in [3.8, 4) is 0 Å². The zero-order valence-corrected chi connectivity index (χ0v) is 11.7. The van der Waals surface area contributed by atoms with E-state index in [1.807, 2.05) is 0 Å². The molecule has 2 amide bonds. The van der Waals surface area contributed by atoms with Crippen LogP contribution in [0.25, 0.3) is 0 Å². The number of nitrogens with zero attached hydrogens (tertiary/aromatic N) is 4. The van der Waals surface area contributed by atoms with Gasteiger partial charge in [-0.2, -0.15) is 5.10 Å². The van der Waals surface area contributed by atoms with Crippen LogP contribution in [-0.4, -0.2) is 50.9 Å². The second-order valence-corrected chi connectivity index (χ2v) is 5.54. The van der Waals surface area contributed by atoms with Crippen LogP contribution in [0.4, 0.5) is 0 Å². The molecule has 20 heavy (non-hydrogen) atoms. The fraction of sp³-hybridized carbons (Fsp3) is 0.538. The highest BCUT2D eigenvalue weighted by Crippen LogP contribution is 2.26.